The van der Waals surface area contributed by atoms with Gasteiger partial charge in [0.15, 0.2) is 0 Å². The molecular formula is C75H83BN2O. The van der Waals surface area contributed by atoms with Crippen molar-refractivity contribution in [3.63, 3.8) is 0 Å². The van der Waals surface area contributed by atoms with E-state index in [9.17, 15) is 0 Å². The second-order valence-electron chi connectivity index (χ2n) is 30.9. The number of rotatable bonds is 4. The molecule has 0 saturated heterocycles. The first-order valence-corrected chi connectivity index (χ1v) is 30.1. The van der Waals surface area contributed by atoms with E-state index >= 15 is 0 Å². The highest BCUT2D eigenvalue weighted by molar-refractivity contribution is 7.00. The van der Waals surface area contributed by atoms with Crippen LogP contribution in [0.5, 0.6) is 0 Å². The van der Waals surface area contributed by atoms with Crippen molar-refractivity contribution in [3.05, 3.63) is 172 Å². The lowest BCUT2D eigenvalue weighted by Crippen LogP contribution is -2.61. The maximum atomic E-state index is 7.83. The molecule has 3 heterocycles. The Labute approximate surface area is 473 Å². The summed E-state index contributed by atoms with van der Waals surface area (Å²) >= 11 is 0. The quantitative estimate of drug-likeness (QED) is 0.164. The fourth-order valence-corrected chi connectivity index (χ4v) is 16.3. The van der Waals surface area contributed by atoms with E-state index in [1.165, 1.54) is 136 Å². The fraction of sp³-hybridized carbons (Fsp3) is 0.413. The Kier molecular flexibility index (Phi) is 10.5. The molecule has 0 radical (unpaired) electrons. The van der Waals surface area contributed by atoms with Crippen LogP contribution in [0, 0.1) is 0 Å². The van der Waals surface area contributed by atoms with Gasteiger partial charge in [0.05, 0.1) is 22.7 Å². The Morgan fingerprint density at radius 2 is 0.911 bits per heavy atom. The summed E-state index contributed by atoms with van der Waals surface area (Å²) in [4.78, 5) is 5.46. The van der Waals surface area contributed by atoms with Crippen LogP contribution in [0.4, 0.5) is 34.1 Å². The van der Waals surface area contributed by atoms with Gasteiger partial charge in [0.2, 0.25) is 0 Å². The first-order chi connectivity index (χ1) is 37.1. The third kappa shape index (κ3) is 7.36. The zero-order chi connectivity index (χ0) is 55.5. The van der Waals surface area contributed by atoms with E-state index in [2.05, 4.69) is 248 Å². The average Bonchev–Trinajstić information content (AvgIpc) is 3.04. The topological polar surface area (TPSA) is 19.6 Å². The Bertz CT molecular complexity index is 3910. The summed E-state index contributed by atoms with van der Waals surface area (Å²) in [7, 11) is 0. The molecule has 2 atom stereocenters. The monoisotopic (exact) mass is 1040 g/mol. The minimum atomic E-state index is -0.186. The van der Waals surface area contributed by atoms with Gasteiger partial charge in [-0.3, -0.25) is 0 Å². The predicted molar refractivity (Wildman–Crippen MR) is 338 cm³/mol. The summed E-state index contributed by atoms with van der Waals surface area (Å²) in [6.45, 7) is 39.1. The van der Waals surface area contributed by atoms with Crippen LogP contribution >= 0.6 is 0 Å². The third-order valence-corrected chi connectivity index (χ3v) is 21.4. The molecule has 8 aromatic rings. The number of anilines is 6. The number of hydrogen-bond acceptors (Lipinski definition) is 3. The number of furan rings is 1. The van der Waals surface area contributed by atoms with Crippen molar-refractivity contribution in [1.82, 2.24) is 0 Å². The van der Waals surface area contributed by atoms with Gasteiger partial charge in [-0.2, -0.15) is 0 Å². The smallest absolute Gasteiger partial charge is 0.297 e. The standard InChI is InChI=1S/C75H83BN2O/c1-68(2,3)47-26-22-25-46(35-47)50-39-53-54(72(11,12)31-30-71(53,9)10)41-60(50)77-59-28-21-20-27-58(59)76-65-62(77)36-48(69(4,5)6)37-63(65)78(66-51-40-56-57(43-64(51)79-67(66)76)75(16)34-33-74(56,15)44-75)61-42-55-52(70(7,8)29-32-73(55,13)14)38-49(61)45-23-18-17-19-24-45/h17-28,35-43H,29-34,44H2,1-16H3. The number of hydrogen-bond donors (Lipinski definition) is 0. The predicted octanol–water partition coefficient (Wildman–Crippen LogP) is 18.9. The van der Waals surface area contributed by atoms with Crippen molar-refractivity contribution in [1.29, 1.82) is 0 Å². The molecule has 2 unspecified atom stereocenters. The van der Waals surface area contributed by atoms with Gasteiger partial charge < -0.3 is 14.2 Å². The number of para-hydroxylation sites is 1. The Hall–Kier alpha value is -6.26. The molecule has 7 aromatic carbocycles. The largest absolute Gasteiger partial charge is 0.468 e. The van der Waals surface area contributed by atoms with Crippen molar-refractivity contribution in [2.75, 3.05) is 9.80 Å². The lowest BCUT2D eigenvalue weighted by molar-refractivity contribution is 0.332. The zero-order valence-electron chi connectivity index (χ0n) is 50.5. The minimum absolute atomic E-state index is 0.00752. The van der Waals surface area contributed by atoms with Crippen molar-refractivity contribution in [2.45, 2.75) is 199 Å². The molecule has 14 rings (SSSR count). The minimum Gasteiger partial charge on any atom is -0.468 e. The Balaban J connectivity index is 1.14. The molecule has 0 spiro atoms. The van der Waals surface area contributed by atoms with E-state index in [0.29, 0.717) is 0 Å². The van der Waals surface area contributed by atoms with Crippen LogP contribution < -0.4 is 26.4 Å². The van der Waals surface area contributed by atoms with E-state index in [1.54, 1.807) is 0 Å². The zero-order valence-corrected chi connectivity index (χ0v) is 50.5. The molecule has 4 aliphatic carbocycles. The highest BCUT2D eigenvalue weighted by Gasteiger charge is 2.55. The lowest BCUT2D eigenvalue weighted by Gasteiger charge is -2.46. The number of benzene rings is 7. The van der Waals surface area contributed by atoms with Gasteiger partial charge in [-0.25, -0.2) is 0 Å². The molecule has 1 saturated carbocycles. The van der Waals surface area contributed by atoms with Gasteiger partial charge in [0.1, 0.15) is 5.58 Å². The second-order valence-corrected chi connectivity index (χ2v) is 30.9. The molecule has 79 heavy (non-hydrogen) atoms. The summed E-state index contributed by atoms with van der Waals surface area (Å²) in [6.07, 6.45) is 8.25. The van der Waals surface area contributed by atoms with E-state index in [4.69, 9.17) is 4.42 Å². The molecule has 6 aliphatic rings. The van der Waals surface area contributed by atoms with E-state index in [0.717, 1.165) is 36.9 Å². The summed E-state index contributed by atoms with van der Waals surface area (Å²) in [5.74, 6) is 0. The maximum Gasteiger partial charge on any atom is 0.297 e. The van der Waals surface area contributed by atoms with Gasteiger partial charge in [-0.1, -0.05) is 184 Å². The van der Waals surface area contributed by atoms with E-state index in [1.807, 2.05) is 0 Å². The van der Waals surface area contributed by atoms with Crippen LogP contribution in [-0.2, 0) is 43.3 Å². The van der Waals surface area contributed by atoms with Gasteiger partial charge >= 0.3 is 0 Å². The molecule has 4 heteroatoms. The molecular weight excluding hydrogens is 956 g/mol. The number of nitrogens with zero attached hydrogens (tertiary/aromatic N) is 2. The van der Waals surface area contributed by atoms with Gasteiger partial charge in [0.25, 0.3) is 6.71 Å². The van der Waals surface area contributed by atoms with Gasteiger partial charge in [0, 0.05) is 33.6 Å². The first kappa shape index (κ1) is 50.9. The normalized spacial score (nSPS) is 22.5. The van der Waals surface area contributed by atoms with Crippen molar-refractivity contribution >= 4 is 68.4 Å². The lowest BCUT2D eigenvalue weighted by atomic mass is 9.35. The molecule has 0 amide bonds. The van der Waals surface area contributed by atoms with Gasteiger partial charge in [-0.15, -0.1) is 0 Å². The highest BCUT2D eigenvalue weighted by Crippen LogP contribution is 2.63. The summed E-state index contributed by atoms with van der Waals surface area (Å²) < 4.78 is 7.83. The Morgan fingerprint density at radius 1 is 0.418 bits per heavy atom. The van der Waals surface area contributed by atoms with Crippen molar-refractivity contribution in [2.24, 2.45) is 0 Å². The SMILES string of the molecule is CC(C)(C)c1cccc(-c2cc3c(cc2N2c4ccccc4B4c5oc6cc7c(cc6c5N(c5cc6c(cc5-c5ccccc5)C(C)(C)CCC6(C)C)c5cc(C(C)(C)C)cc2c54)C2(C)CCC7(C)C2)C(C)(C)CCC3(C)C)c1. The maximum absolute atomic E-state index is 7.83. The molecule has 402 valence electrons. The molecule has 1 aromatic heterocycles. The van der Waals surface area contributed by atoms with Crippen LogP contribution in [0.2, 0.25) is 0 Å². The first-order valence-electron chi connectivity index (χ1n) is 30.1. The number of fused-ring (bicyclic) bond motifs is 13. The van der Waals surface area contributed by atoms with Gasteiger partial charge in [-0.05, 0) is 209 Å². The van der Waals surface area contributed by atoms with Crippen molar-refractivity contribution < 1.29 is 4.42 Å². The van der Waals surface area contributed by atoms with Crippen LogP contribution in [-0.4, -0.2) is 6.71 Å². The highest BCUT2D eigenvalue weighted by atomic mass is 16.3. The summed E-state index contributed by atoms with van der Waals surface area (Å²) in [5, 5.41) is 1.23. The average molecular weight is 1040 g/mol. The third-order valence-electron chi connectivity index (χ3n) is 21.4. The second kappa shape index (κ2) is 16.2. The van der Waals surface area contributed by atoms with E-state index in [-0.39, 0.29) is 50.0 Å². The van der Waals surface area contributed by atoms with E-state index < -0.39 is 0 Å². The molecule has 2 aliphatic heterocycles. The fourth-order valence-electron chi connectivity index (χ4n) is 16.3. The molecule has 1 fully saturated rings. The summed E-state index contributed by atoms with van der Waals surface area (Å²) in [6, 6.07) is 51.0. The van der Waals surface area contributed by atoms with Crippen LogP contribution in [0.3, 0.4) is 0 Å². The van der Waals surface area contributed by atoms with Crippen molar-refractivity contribution in [3.8, 4) is 22.3 Å². The molecule has 0 N–H and O–H groups in total. The molecule has 2 bridgehead atoms. The summed E-state index contributed by atoms with van der Waals surface area (Å²) in [5.41, 5.74) is 28.8. The van der Waals surface area contributed by atoms with Crippen LogP contribution in [0.25, 0.3) is 33.2 Å². The Morgan fingerprint density at radius 3 is 1.49 bits per heavy atom. The molecule has 3 nitrogen and oxygen atoms in total. The van der Waals surface area contributed by atoms with Crippen LogP contribution in [0.15, 0.2) is 132 Å². The van der Waals surface area contributed by atoms with Crippen LogP contribution in [0.1, 0.15) is 200 Å².